The standard InChI is InChI=1S/C24H21N3O4/c1-24(2)22(28)21(17-12-15(13-25)9-10-19(17)31-24)27(14-16-6-5-11-29-16)23-26-18-7-3-4-8-20(18)30-23/h3-12,21-22,28H,14H2,1-2H3/t21-,22+/m0/s1. The molecular weight excluding hydrogens is 394 g/mol. The SMILES string of the molecule is CC1(C)Oc2ccc(C#N)cc2[C@H](N(Cc2ccco2)c2nc3ccccc3o2)[C@H]1O. The zero-order chi connectivity index (χ0) is 21.6. The summed E-state index contributed by atoms with van der Waals surface area (Å²) in [5.41, 5.74) is 1.66. The van der Waals surface area contributed by atoms with Crippen LogP contribution in [-0.4, -0.2) is 21.8 Å². The Labute approximate surface area is 179 Å². The number of furan rings is 1. The van der Waals surface area contributed by atoms with Crippen molar-refractivity contribution < 1.29 is 18.7 Å². The van der Waals surface area contributed by atoms with Crippen LogP contribution >= 0.6 is 0 Å². The maximum Gasteiger partial charge on any atom is 0.299 e. The fraction of sp³-hybridized carbons (Fsp3) is 0.250. The first kappa shape index (κ1) is 19.2. The average Bonchev–Trinajstić information content (AvgIpc) is 3.42. The first-order chi connectivity index (χ1) is 15.0. The first-order valence-electron chi connectivity index (χ1n) is 10.0. The molecule has 0 fully saturated rings. The van der Waals surface area contributed by atoms with Gasteiger partial charge in [-0.15, -0.1) is 0 Å². The number of anilines is 1. The summed E-state index contributed by atoms with van der Waals surface area (Å²) in [6.45, 7) is 3.99. The van der Waals surface area contributed by atoms with Gasteiger partial charge in [-0.05, 0) is 56.3 Å². The molecule has 0 unspecified atom stereocenters. The number of rotatable bonds is 4. The number of oxazole rings is 1. The fourth-order valence-corrected chi connectivity index (χ4v) is 4.01. The van der Waals surface area contributed by atoms with Gasteiger partial charge in [0.25, 0.3) is 6.01 Å². The molecule has 0 radical (unpaired) electrons. The van der Waals surface area contributed by atoms with E-state index < -0.39 is 17.7 Å². The van der Waals surface area contributed by atoms with Crippen molar-refractivity contribution in [2.45, 2.75) is 38.1 Å². The first-order valence-corrected chi connectivity index (χ1v) is 10.0. The summed E-state index contributed by atoms with van der Waals surface area (Å²) in [5.74, 6) is 1.30. The Kier molecular flexibility index (Phi) is 4.45. The molecule has 0 aliphatic carbocycles. The van der Waals surface area contributed by atoms with E-state index in [1.54, 1.807) is 24.5 Å². The highest BCUT2D eigenvalue weighted by molar-refractivity contribution is 5.74. The minimum absolute atomic E-state index is 0.313. The van der Waals surface area contributed by atoms with Crippen LogP contribution in [-0.2, 0) is 6.54 Å². The van der Waals surface area contributed by atoms with Crippen molar-refractivity contribution in [3.8, 4) is 11.8 Å². The molecule has 0 saturated carbocycles. The van der Waals surface area contributed by atoms with Crippen LogP contribution in [0, 0.1) is 11.3 Å². The highest BCUT2D eigenvalue weighted by Gasteiger charge is 2.47. The number of aliphatic hydroxyl groups excluding tert-OH is 1. The Bertz CT molecular complexity index is 1240. The molecule has 7 heteroatoms. The van der Waals surface area contributed by atoms with E-state index in [0.29, 0.717) is 46.3 Å². The van der Waals surface area contributed by atoms with Gasteiger partial charge >= 0.3 is 0 Å². The number of ether oxygens (including phenoxy) is 1. The van der Waals surface area contributed by atoms with E-state index in [2.05, 4.69) is 11.1 Å². The highest BCUT2D eigenvalue weighted by atomic mass is 16.5. The summed E-state index contributed by atoms with van der Waals surface area (Å²) in [6.07, 6.45) is 0.671. The van der Waals surface area contributed by atoms with Crippen LogP contribution in [0.3, 0.4) is 0 Å². The zero-order valence-electron chi connectivity index (χ0n) is 17.1. The number of benzene rings is 2. The van der Waals surface area contributed by atoms with Gasteiger partial charge in [0.05, 0.1) is 30.5 Å². The summed E-state index contributed by atoms with van der Waals surface area (Å²) < 4.78 is 17.8. The third kappa shape index (κ3) is 3.31. The van der Waals surface area contributed by atoms with Crippen LogP contribution in [0.25, 0.3) is 11.1 Å². The summed E-state index contributed by atoms with van der Waals surface area (Å²) in [7, 11) is 0. The molecule has 2 aromatic carbocycles. The molecule has 2 atom stereocenters. The second-order valence-corrected chi connectivity index (χ2v) is 8.13. The van der Waals surface area contributed by atoms with Crippen molar-refractivity contribution in [1.29, 1.82) is 5.26 Å². The van der Waals surface area contributed by atoms with E-state index in [1.807, 2.05) is 55.1 Å². The van der Waals surface area contributed by atoms with Crippen molar-refractivity contribution in [2.24, 2.45) is 0 Å². The summed E-state index contributed by atoms with van der Waals surface area (Å²) in [4.78, 5) is 6.54. The predicted molar refractivity (Wildman–Crippen MR) is 114 cm³/mol. The smallest absolute Gasteiger partial charge is 0.299 e. The second-order valence-electron chi connectivity index (χ2n) is 8.13. The Hall–Kier alpha value is -3.76. The minimum atomic E-state index is -0.932. The van der Waals surface area contributed by atoms with Crippen LogP contribution in [0.15, 0.2) is 69.7 Å². The van der Waals surface area contributed by atoms with Gasteiger partial charge in [0, 0.05) is 5.56 Å². The van der Waals surface area contributed by atoms with Crippen LogP contribution in [0.5, 0.6) is 5.75 Å². The van der Waals surface area contributed by atoms with Gasteiger partial charge in [-0.3, -0.25) is 0 Å². The number of aromatic nitrogens is 1. The van der Waals surface area contributed by atoms with Crippen LogP contribution in [0.1, 0.15) is 36.8 Å². The van der Waals surface area contributed by atoms with E-state index in [9.17, 15) is 10.4 Å². The van der Waals surface area contributed by atoms with Gasteiger partial charge in [-0.25, -0.2) is 0 Å². The Morgan fingerprint density at radius 3 is 2.74 bits per heavy atom. The minimum Gasteiger partial charge on any atom is -0.485 e. The molecule has 0 amide bonds. The van der Waals surface area contributed by atoms with Crippen LogP contribution < -0.4 is 9.64 Å². The summed E-state index contributed by atoms with van der Waals surface area (Å²) in [5, 5.41) is 20.8. The molecule has 7 nitrogen and oxygen atoms in total. The lowest BCUT2D eigenvalue weighted by Gasteiger charge is -2.45. The molecule has 31 heavy (non-hydrogen) atoms. The molecule has 5 rings (SSSR count). The third-order valence-corrected chi connectivity index (χ3v) is 5.61. The number of aliphatic hydroxyl groups is 1. The lowest BCUT2D eigenvalue weighted by Crippen LogP contribution is -2.53. The molecule has 3 heterocycles. The highest BCUT2D eigenvalue weighted by Crippen LogP contribution is 2.45. The van der Waals surface area contributed by atoms with Crippen molar-refractivity contribution in [3.63, 3.8) is 0 Å². The van der Waals surface area contributed by atoms with Gasteiger partial charge in [-0.1, -0.05) is 12.1 Å². The van der Waals surface area contributed by atoms with Gasteiger partial charge in [0.2, 0.25) is 0 Å². The van der Waals surface area contributed by atoms with Crippen molar-refractivity contribution >= 4 is 17.1 Å². The lowest BCUT2D eigenvalue weighted by atomic mass is 9.85. The van der Waals surface area contributed by atoms with Crippen molar-refractivity contribution in [1.82, 2.24) is 4.98 Å². The number of hydrogen-bond donors (Lipinski definition) is 1. The molecule has 0 bridgehead atoms. The molecule has 2 aromatic heterocycles. The van der Waals surface area contributed by atoms with Crippen LogP contribution in [0.2, 0.25) is 0 Å². The van der Waals surface area contributed by atoms with E-state index in [1.165, 1.54) is 0 Å². The number of fused-ring (bicyclic) bond motifs is 2. The maximum atomic E-state index is 11.4. The molecule has 0 saturated heterocycles. The van der Waals surface area contributed by atoms with Gasteiger partial charge in [0.15, 0.2) is 5.58 Å². The largest absolute Gasteiger partial charge is 0.485 e. The fourth-order valence-electron chi connectivity index (χ4n) is 4.01. The van der Waals surface area contributed by atoms with Crippen molar-refractivity contribution in [2.75, 3.05) is 4.90 Å². The molecule has 1 aliphatic rings. The molecule has 0 spiro atoms. The number of nitriles is 1. The molecular formula is C24H21N3O4. The Morgan fingerprint density at radius 1 is 1.16 bits per heavy atom. The van der Waals surface area contributed by atoms with Gasteiger partial charge < -0.3 is 23.6 Å². The number of nitrogens with zero attached hydrogens (tertiary/aromatic N) is 3. The third-order valence-electron chi connectivity index (χ3n) is 5.61. The molecule has 156 valence electrons. The number of para-hydroxylation sites is 2. The summed E-state index contributed by atoms with van der Waals surface area (Å²) in [6, 6.07) is 18.3. The normalized spacial score (nSPS) is 19.4. The summed E-state index contributed by atoms with van der Waals surface area (Å²) >= 11 is 0. The lowest BCUT2D eigenvalue weighted by molar-refractivity contribution is -0.0597. The van der Waals surface area contributed by atoms with E-state index in [-0.39, 0.29) is 0 Å². The second kappa shape index (κ2) is 7.18. The topological polar surface area (TPSA) is 95.7 Å². The predicted octanol–water partition coefficient (Wildman–Crippen LogP) is 4.57. The molecule has 1 aliphatic heterocycles. The quantitative estimate of drug-likeness (QED) is 0.521. The van der Waals surface area contributed by atoms with E-state index in [4.69, 9.17) is 13.6 Å². The molecule has 1 N–H and O–H groups in total. The maximum absolute atomic E-state index is 11.4. The Balaban J connectivity index is 1.70. The van der Waals surface area contributed by atoms with Crippen LogP contribution in [0.4, 0.5) is 6.01 Å². The van der Waals surface area contributed by atoms with Gasteiger partial charge in [-0.2, -0.15) is 10.2 Å². The van der Waals surface area contributed by atoms with E-state index >= 15 is 0 Å². The number of hydrogen-bond acceptors (Lipinski definition) is 7. The zero-order valence-corrected chi connectivity index (χ0v) is 17.1. The Morgan fingerprint density at radius 2 is 2.00 bits per heavy atom. The average molecular weight is 415 g/mol. The molecule has 4 aromatic rings. The van der Waals surface area contributed by atoms with E-state index in [0.717, 1.165) is 0 Å². The van der Waals surface area contributed by atoms with Gasteiger partial charge in [0.1, 0.15) is 28.7 Å². The van der Waals surface area contributed by atoms with Crippen molar-refractivity contribution in [3.05, 3.63) is 77.7 Å². The monoisotopic (exact) mass is 415 g/mol.